The quantitative estimate of drug-likeness (QED) is 0.0325. The van der Waals surface area contributed by atoms with Gasteiger partial charge in [-0.3, -0.25) is 4.79 Å². The Morgan fingerprint density at radius 3 is 2.33 bits per heavy atom. The van der Waals surface area contributed by atoms with Crippen LogP contribution >= 0.6 is 0 Å². The second-order valence-electron chi connectivity index (χ2n) is 16.6. The van der Waals surface area contributed by atoms with E-state index in [9.17, 15) is 24.9 Å². The maximum absolute atomic E-state index is 14.8. The summed E-state index contributed by atoms with van der Waals surface area (Å²) in [6, 6.07) is 4.80. The molecular weight excluding hydrogens is 779 g/mol. The lowest BCUT2D eigenvalue weighted by atomic mass is 9.55. The van der Waals surface area contributed by atoms with Gasteiger partial charge in [0, 0.05) is 50.6 Å². The summed E-state index contributed by atoms with van der Waals surface area (Å²) >= 11 is 0. The molecule has 1 heterocycles. The van der Waals surface area contributed by atoms with E-state index in [4.69, 9.17) is 28.9 Å². The number of fused-ring (bicyclic) bond motifs is 2. The van der Waals surface area contributed by atoms with Crippen LogP contribution < -0.4 is 14.8 Å². The average Bonchev–Trinajstić information content (AvgIpc) is 3.26. The van der Waals surface area contributed by atoms with E-state index in [1.54, 1.807) is 12.1 Å². The highest BCUT2D eigenvalue weighted by molar-refractivity contribution is 6.03. The number of ether oxygens (including phenoxy) is 4. The van der Waals surface area contributed by atoms with Crippen molar-refractivity contribution in [3.63, 3.8) is 0 Å². The number of aliphatic hydroxyl groups excluding tert-OH is 3. The van der Waals surface area contributed by atoms with Gasteiger partial charge in [-0.2, -0.15) is 0 Å². The maximum Gasteiger partial charge on any atom is 0.412 e. The third kappa shape index (κ3) is 14.0. The topological polar surface area (TPSA) is 169 Å². The molecule has 1 fully saturated rings. The van der Waals surface area contributed by atoms with Crippen molar-refractivity contribution in [2.45, 2.75) is 148 Å². The van der Waals surface area contributed by atoms with Gasteiger partial charge in [-0.1, -0.05) is 88.4 Å². The Bertz CT molecular complexity index is 1540. The molecule has 1 aliphatic heterocycles. The minimum atomic E-state index is -1.40. The summed E-state index contributed by atoms with van der Waals surface area (Å²) in [5.41, 5.74) is 2.53. The molecule has 13 heteroatoms. The summed E-state index contributed by atoms with van der Waals surface area (Å²) in [6.07, 6.45) is 18.8. The van der Waals surface area contributed by atoms with Gasteiger partial charge in [0.2, 0.25) is 11.7 Å². The smallest absolute Gasteiger partial charge is 0.412 e. The fourth-order valence-electron chi connectivity index (χ4n) is 9.66. The number of aliphatic hydroxyl groups is 3. The van der Waals surface area contributed by atoms with Gasteiger partial charge in [-0.05, 0) is 81.6 Å². The number of carbonyl (C=O) groups excluding carboxylic acids is 2. The Balaban J connectivity index is 1.88. The molecule has 0 radical (unpaired) electrons. The van der Waals surface area contributed by atoms with Crippen molar-refractivity contribution >= 4 is 17.7 Å². The van der Waals surface area contributed by atoms with E-state index in [0.29, 0.717) is 50.3 Å². The predicted molar refractivity (Wildman–Crippen MR) is 238 cm³/mol. The van der Waals surface area contributed by atoms with Crippen molar-refractivity contribution < 1.29 is 48.7 Å². The molecule has 1 aromatic rings. The maximum atomic E-state index is 14.8. The van der Waals surface area contributed by atoms with E-state index in [1.807, 2.05) is 30.9 Å². The summed E-state index contributed by atoms with van der Waals surface area (Å²) < 4.78 is 26.0. The van der Waals surface area contributed by atoms with Crippen molar-refractivity contribution in [2.75, 3.05) is 59.3 Å². The van der Waals surface area contributed by atoms with Crippen molar-refractivity contribution in [2.24, 2.45) is 22.9 Å². The number of hydrogen-bond acceptors (Lipinski definition) is 11. The van der Waals surface area contributed by atoms with E-state index in [-0.39, 0.29) is 69.8 Å². The minimum absolute atomic E-state index is 0.0270. The first-order chi connectivity index (χ1) is 29.8. The van der Waals surface area contributed by atoms with Crippen LogP contribution in [-0.4, -0.2) is 109 Å². The second-order valence-corrected chi connectivity index (χ2v) is 16.6. The van der Waals surface area contributed by atoms with E-state index in [2.05, 4.69) is 24.9 Å². The van der Waals surface area contributed by atoms with Gasteiger partial charge < -0.3 is 49.3 Å². The van der Waals surface area contributed by atoms with Crippen LogP contribution in [0.15, 0.2) is 47.7 Å². The third-order valence-corrected chi connectivity index (χ3v) is 12.4. The zero-order valence-corrected chi connectivity index (χ0v) is 37.5. The SMILES string of the molecule is C=CCO[C@@]12Oc3ccc(OC(=O)NCC)cc3[C@H]3[C@H](CCCCO)[C@@H](CCCCO)C=C(C(=NOCC)C[C@@H]1N(CCOCCO)C(=O)CCCCCCCCCCC)[C@H]32. The first-order valence-corrected chi connectivity index (χ1v) is 23.5. The Labute approximate surface area is 365 Å². The van der Waals surface area contributed by atoms with Gasteiger partial charge in [-0.15, -0.1) is 6.58 Å². The van der Waals surface area contributed by atoms with Gasteiger partial charge in [0.05, 0.1) is 38.1 Å². The molecule has 6 atom stereocenters. The number of carbonyl (C=O) groups is 2. The Kier molecular flexibility index (Phi) is 22.6. The van der Waals surface area contributed by atoms with Crippen LogP contribution in [0.1, 0.15) is 141 Å². The van der Waals surface area contributed by atoms with E-state index in [0.717, 1.165) is 68.2 Å². The standard InChI is InChI=1S/C48H77N3O10/c1-5-9-10-11-12-13-14-15-16-23-44(55)51(26-31-57-32-29-54)43-35-41(50-59-8-4)39-33-36(21-17-19-27-52)38(22-18-20-28-53)45-40-34-37(60-47(56)49-7-3)24-25-42(40)61-48(43,46(39)45)58-30-6-2/h6,24-25,33-34,36,38,43,45-46,52-54H,2,5,7-23,26-32,35H2,1,3-4H3,(H,49,56)/t36-,38+,43-,45+,46+,48+/m0/s1. The van der Waals surface area contributed by atoms with Gasteiger partial charge in [-0.25, -0.2) is 4.79 Å². The molecule has 0 unspecified atom stereocenters. The number of oxime groups is 1. The van der Waals surface area contributed by atoms with Crippen LogP contribution in [0, 0.1) is 17.8 Å². The molecule has 0 aromatic heterocycles. The van der Waals surface area contributed by atoms with Crippen molar-refractivity contribution in [3.05, 3.63) is 48.1 Å². The van der Waals surface area contributed by atoms with Crippen LogP contribution in [-0.2, 0) is 19.1 Å². The van der Waals surface area contributed by atoms with Gasteiger partial charge in [0.1, 0.15) is 24.1 Å². The normalized spacial score (nSPS) is 23.3. The lowest BCUT2D eigenvalue weighted by Crippen LogP contribution is -2.70. The molecule has 0 spiro atoms. The van der Waals surface area contributed by atoms with Crippen molar-refractivity contribution in [1.29, 1.82) is 0 Å². The first-order valence-electron chi connectivity index (χ1n) is 23.5. The van der Waals surface area contributed by atoms with Crippen LogP contribution in [0.4, 0.5) is 4.79 Å². The zero-order chi connectivity index (χ0) is 43.9. The fraction of sp³-hybridized carbons (Fsp3) is 0.729. The third-order valence-electron chi connectivity index (χ3n) is 12.4. The van der Waals surface area contributed by atoms with Crippen molar-refractivity contribution in [1.82, 2.24) is 10.2 Å². The number of hydrogen-bond donors (Lipinski definition) is 4. The summed E-state index contributed by atoms with van der Waals surface area (Å²) in [5, 5.41) is 36.8. The Hall–Kier alpha value is -3.49. The summed E-state index contributed by atoms with van der Waals surface area (Å²) in [5.74, 6) is -1.11. The van der Waals surface area contributed by atoms with Crippen molar-refractivity contribution in [3.8, 4) is 11.5 Å². The van der Waals surface area contributed by atoms with Crippen LogP contribution in [0.3, 0.4) is 0 Å². The summed E-state index contributed by atoms with van der Waals surface area (Å²) in [6.45, 7) is 11.6. The highest BCUT2D eigenvalue weighted by Crippen LogP contribution is 2.62. The highest BCUT2D eigenvalue weighted by Gasteiger charge is 2.65. The number of nitrogens with one attached hydrogen (secondary N) is 1. The molecule has 2 aliphatic carbocycles. The Morgan fingerprint density at radius 1 is 0.934 bits per heavy atom. The number of allylic oxidation sites excluding steroid dienone is 1. The predicted octanol–water partition coefficient (Wildman–Crippen LogP) is 8.21. The molecule has 344 valence electrons. The average molecular weight is 856 g/mol. The monoisotopic (exact) mass is 856 g/mol. The van der Waals surface area contributed by atoms with E-state index in [1.165, 1.54) is 32.1 Å². The molecular formula is C48H77N3O10. The lowest BCUT2D eigenvalue weighted by Gasteiger charge is -2.60. The van der Waals surface area contributed by atoms with E-state index < -0.39 is 23.8 Å². The number of unbranched alkanes of at least 4 members (excludes halogenated alkanes) is 10. The minimum Gasteiger partial charge on any atom is -0.459 e. The molecule has 0 saturated heterocycles. The fourth-order valence-corrected chi connectivity index (χ4v) is 9.66. The zero-order valence-electron chi connectivity index (χ0n) is 37.5. The van der Waals surface area contributed by atoms with E-state index >= 15 is 0 Å². The molecule has 3 aliphatic rings. The molecule has 1 saturated carbocycles. The van der Waals surface area contributed by atoms with Gasteiger partial charge in [0.25, 0.3) is 0 Å². The molecule has 4 rings (SSSR count). The second kappa shape index (κ2) is 27.5. The van der Waals surface area contributed by atoms with Gasteiger partial charge >= 0.3 is 6.09 Å². The molecule has 0 bridgehead atoms. The highest BCUT2D eigenvalue weighted by atomic mass is 16.7. The van der Waals surface area contributed by atoms with Crippen LogP contribution in [0.25, 0.3) is 0 Å². The van der Waals surface area contributed by atoms with Crippen LogP contribution in [0.2, 0.25) is 0 Å². The Morgan fingerprint density at radius 2 is 1.66 bits per heavy atom. The lowest BCUT2D eigenvalue weighted by molar-refractivity contribution is -0.258. The first kappa shape index (κ1) is 50.2. The molecule has 4 N–H and O–H groups in total. The largest absolute Gasteiger partial charge is 0.459 e. The number of amides is 2. The van der Waals surface area contributed by atoms with Crippen LogP contribution in [0.5, 0.6) is 11.5 Å². The number of benzene rings is 1. The molecule has 2 amide bonds. The summed E-state index contributed by atoms with van der Waals surface area (Å²) in [7, 11) is 0. The van der Waals surface area contributed by atoms with Gasteiger partial charge in [0.15, 0.2) is 0 Å². The summed E-state index contributed by atoms with van der Waals surface area (Å²) in [4.78, 5) is 35.2. The number of rotatable bonds is 31. The molecule has 13 nitrogen and oxygen atoms in total. The molecule has 1 aromatic carbocycles. The number of nitrogens with zero attached hydrogens (tertiary/aromatic N) is 2. The molecule has 61 heavy (non-hydrogen) atoms.